The summed E-state index contributed by atoms with van der Waals surface area (Å²) in [4.78, 5) is 12.6. The van der Waals surface area contributed by atoms with Crippen LogP contribution in [0.1, 0.15) is 11.1 Å². The normalized spacial score (nSPS) is 12.7. The Morgan fingerprint density at radius 1 is 1.13 bits per heavy atom. The molecular formula is C18H15NO4. The van der Waals surface area contributed by atoms with Crippen LogP contribution in [-0.4, -0.2) is 16.5 Å². The van der Waals surface area contributed by atoms with E-state index in [1.165, 1.54) is 0 Å². The summed E-state index contributed by atoms with van der Waals surface area (Å²) in [7, 11) is 1.72. The second kappa shape index (κ2) is 5.05. The SMILES string of the molecule is Cn1c(=O)c(Cc2ccc3c(c2)OCO3)c(O)c2ccccc21. The largest absolute Gasteiger partial charge is 0.507 e. The first kappa shape index (κ1) is 13.7. The van der Waals surface area contributed by atoms with E-state index in [0.717, 1.165) is 5.56 Å². The van der Waals surface area contributed by atoms with Gasteiger partial charge in [0.05, 0.1) is 11.1 Å². The minimum absolute atomic E-state index is 0.0429. The number of ether oxygens (including phenoxy) is 2. The Balaban J connectivity index is 1.84. The molecule has 0 saturated carbocycles. The van der Waals surface area contributed by atoms with Crippen LogP contribution >= 0.6 is 0 Å². The fourth-order valence-corrected chi connectivity index (χ4v) is 2.96. The lowest BCUT2D eigenvalue weighted by Gasteiger charge is -2.12. The van der Waals surface area contributed by atoms with Crippen molar-refractivity contribution >= 4 is 10.9 Å². The average molecular weight is 309 g/mol. The van der Waals surface area contributed by atoms with Gasteiger partial charge in [0, 0.05) is 18.9 Å². The molecule has 116 valence electrons. The van der Waals surface area contributed by atoms with Crippen LogP contribution < -0.4 is 15.0 Å². The minimum atomic E-state index is -0.195. The summed E-state index contributed by atoms with van der Waals surface area (Å²) in [6, 6.07) is 12.9. The summed E-state index contributed by atoms with van der Waals surface area (Å²) in [6.07, 6.45) is 0.333. The number of aryl methyl sites for hydroxylation is 1. The lowest BCUT2D eigenvalue weighted by Crippen LogP contribution is -2.21. The van der Waals surface area contributed by atoms with Crippen LogP contribution in [0.5, 0.6) is 17.2 Å². The molecule has 0 fully saturated rings. The number of hydrogen-bond donors (Lipinski definition) is 1. The van der Waals surface area contributed by atoms with Crippen molar-refractivity contribution in [1.29, 1.82) is 0 Å². The number of nitrogens with zero attached hydrogens (tertiary/aromatic N) is 1. The Morgan fingerprint density at radius 3 is 2.78 bits per heavy atom. The van der Waals surface area contributed by atoms with Crippen molar-refractivity contribution in [1.82, 2.24) is 4.57 Å². The molecule has 23 heavy (non-hydrogen) atoms. The Morgan fingerprint density at radius 2 is 1.91 bits per heavy atom. The van der Waals surface area contributed by atoms with E-state index in [4.69, 9.17) is 9.47 Å². The van der Waals surface area contributed by atoms with Gasteiger partial charge in [-0.3, -0.25) is 4.79 Å². The van der Waals surface area contributed by atoms with Crippen LogP contribution in [0.15, 0.2) is 47.3 Å². The van der Waals surface area contributed by atoms with E-state index < -0.39 is 0 Å². The number of aromatic nitrogens is 1. The van der Waals surface area contributed by atoms with Crippen LogP contribution in [0.25, 0.3) is 10.9 Å². The summed E-state index contributed by atoms with van der Waals surface area (Å²) in [5, 5.41) is 11.2. The zero-order valence-corrected chi connectivity index (χ0v) is 12.6. The first-order chi connectivity index (χ1) is 11.1. The van der Waals surface area contributed by atoms with E-state index >= 15 is 0 Å². The van der Waals surface area contributed by atoms with Gasteiger partial charge in [-0.25, -0.2) is 0 Å². The van der Waals surface area contributed by atoms with Gasteiger partial charge in [0.25, 0.3) is 5.56 Å². The number of benzene rings is 2. The van der Waals surface area contributed by atoms with Crippen molar-refractivity contribution < 1.29 is 14.6 Å². The molecular weight excluding hydrogens is 294 g/mol. The van der Waals surface area contributed by atoms with Gasteiger partial charge < -0.3 is 19.1 Å². The van der Waals surface area contributed by atoms with Crippen molar-refractivity contribution in [3.63, 3.8) is 0 Å². The highest BCUT2D eigenvalue weighted by Crippen LogP contribution is 2.34. The zero-order chi connectivity index (χ0) is 16.0. The van der Waals surface area contributed by atoms with E-state index in [0.29, 0.717) is 34.4 Å². The predicted molar refractivity (Wildman–Crippen MR) is 86.2 cm³/mol. The van der Waals surface area contributed by atoms with Gasteiger partial charge in [0.1, 0.15) is 5.75 Å². The molecule has 1 aliphatic rings. The minimum Gasteiger partial charge on any atom is -0.507 e. The summed E-state index contributed by atoms with van der Waals surface area (Å²) in [6.45, 7) is 0.210. The summed E-state index contributed by atoms with van der Waals surface area (Å²) in [5.41, 5.74) is 1.78. The lowest BCUT2D eigenvalue weighted by molar-refractivity contribution is 0.174. The molecule has 2 aromatic carbocycles. The summed E-state index contributed by atoms with van der Waals surface area (Å²) < 4.78 is 12.2. The van der Waals surface area contributed by atoms with Gasteiger partial charge in [0.2, 0.25) is 6.79 Å². The van der Waals surface area contributed by atoms with Crippen molar-refractivity contribution in [2.45, 2.75) is 6.42 Å². The highest BCUT2D eigenvalue weighted by Gasteiger charge is 2.17. The third-order valence-corrected chi connectivity index (χ3v) is 4.19. The van der Waals surface area contributed by atoms with E-state index in [9.17, 15) is 9.90 Å². The highest BCUT2D eigenvalue weighted by molar-refractivity contribution is 5.86. The number of aromatic hydroxyl groups is 1. The molecule has 0 saturated heterocycles. The molecule has 4 rings (SSSR count). The summed E-state index contributed by atoms with van der Waals surface area (Å²) >= 11 is 0. The molecule has 0 unspecified atom stereocenters. The van der Waals surface area contributed by atoms with E-state index in [2.05, 4.69) is 0 Å². The van der Waals surface area contributed by atoms with Crippen LogP contribution in [0, 0.1) is 0 Å². The maximum Gasteiger partial charge on any atom is 0.258 e. The van der Waals surface area contributed by atoms with Gasteiger partial charge in [-0.1, -0.05) is 18.2 Å². The van der Waals surface area contributed by atoms with Crippen molar-refractivity contribution in [2.75, 3.05) is 6.79 Å². The molecule has 5 heteroatoms. The molecule has 0 aliphatic carbocycles. The predicted octanol–water partition coefficient (Wildman–Crippen LogP) is 2.56. The molecule has 1 aliphatic heterocycles. The van der Waals surface area contributed by atoms with Crippen molar-refractivity contribution in [2.24, 2.45) is 7.05 Å². The zero-order valence-electron chi connectivity index (χ0n) is 12.6. The van der Waals surface area contributed by atoms with E-state index in [1.54, 1.807) is 11.6 Å². The summed E-state index contributed by atoms with van der Waals surface area (Å²) in [5.74, 6) is 1.41. The molecule has 2 heterocycles. The molecule has 0 amide bonds. The number of hydrogen-bond acceptors (Lipinski definition) is 4. The van der Waals surface area contributed by atoms with Gasteiger partial charge in [-0.2, -0.15) is 0 Å². The second-order valence-corrected chi connectivity index (χ2v) is 5.57. The Labute approximate surface area is 132 Å². The van der Waals surface area contributed by atoms with Gasteiger partial charge in [0.15, 0.2) is 11.5 Å². The fraction of sp³-hybridized carbons (Fsp3) is 0.167. The molecule has 0 radical (unpaired) electrons. The third kappa shape index (κ3) is 2.12. The van der Waals surface area contributed by atoms with Crippen molar-refractivity contribution in [3.05, 3.63) is 63.9 Å². The number of rotatable bonds is 2. The maximum absolute atomic E-state index is 12.6. The first-order valence-corrected chi connectivity index (χ1v) is 7.33. The molecule has 5 nitrogen and oxygen atoms in total. The molecule has 1 N–H and O–H groups in total. The third-order valence-electron chi connectivity index (χ3n) is 4.19. The van der Waals surface area contributed by atoms with Gasteiger partial charge >= 0.3 is 0 Å². The number of para-hydroxylation sites is 1. The van der Waals surface area contributed by atoms with E-state index in [1.807, 2.05) is 42.5 Å². The maximum atomic E-state index is 12.6. The first-order valence-electron chi connectivity index (χ1n) is 7.33. The fourth-order valence-electron chi connectivity index (χ4n) is 2.96. The van der Waals surface area contributed by atoms with Crippen LogP contribution in [0.3, 0.4) is 0 Å². The molecule has 1 aromatic heterocycles. The Kier molecular flexibility index (Phi) is 3.01. The highest BCUT2D eigenvalue weighted by atomic mass is 16.7. The topological polar surface area (TPSA) is 60.7 Å². The Bertz CT molecular complexity index is 975. The van der Waals surface area contributed by atoms with E-state index in [-0.39, 0.29) is 18.1 Å². The lowest BCUT2D eigenvalue weighted by atomic mass is 10.0. The quantitative estimate of drug-likeness (QED) is 0.790. The average Bonchev–Trinajstić information content (AvgIpc) is 3.04. The Hall–Kier alpha value is -2.95. The van der Waals surface area contributed by atoms with Crippen LogP contribution in [-0.2, 0) is 13.5 Å². The van der Waals surface area contributed by atoms with Gasteiger partial charge in [-0.15, -0.1) is 0 Å². The number of fused-ring (bicyclic) bond motifs is 2. The molecule has 0 spiro atoms. The van der Waals surface area contributed by atoms with Crippen LogP contribution in [0.4, 0.5) is 0 Å². The second-order valence-electron chi connectivity index (χ2n) is 5.57. The van der Waals surface area contributed by atoms with Gasteiger partial charge in [-0.05, 0) is 29.8 Å². The number of pyridine rings is 1. The van der Waals surface area contributed by atoms with Crippen LogP contribution in [0.2, 0.25) is 0 Å². The standard InChI is InChI=1S/C18H15NO4/c1-19-14-5-3-2-4-12(14)17(20)13(18(19)21)8-11-6-7-15-16(9-11)23-10-22-15/h2-7,9,20H,8,10H2,1H3. The smallest absolute Gasteiger partial charge is 0.258 e. The molecule has 0 atom stereocenters. The molecule has 0 bridgehead atoms. The monoisotopic (exact) mass is 309 g/mol. The molecule has 3 aromatic rings. The van der Waals surface area contributed by atoms with Crippen molar-refractivity contribution in [3.8, 4) is 17.2 Å².